The molecule has 2 heterocycles. The maximum atomic E-state index is 13.1. The molecule has 9 heteroatoms. The number of nitro groups is 1. The lowest BCUT2D eigenvalue weighted by molar-refractivity contribution is -0.380. The second kappa shape index (κ2) is 9.47. The highest BCUT2D eigenvalue weighted by Gasteiger charge is 2.33. The third kappa shape index (κ3) is 4.67. The van der Waals surface area contributed by atoms with Crippen LogP contribution in [-0.4, -0.2) is 34.1 Å². The van der Waals surface area contributed by atoms with Crippen LogP contribution in [0.4, 0.5) is 5.00 Å². The van der Waals surface area contributed by atoms with Gasteiger partial charge in [-0.1, -0.05) is 78.1 Å². The van der Waals surface area contributed by atoms with E-state index in [2.05, 4.69) is 5.10 Å². The van der Waals surface area contributed by atoms with Gasteiger partial charge in [0.25, 0.3) is 5.91 Å². The summed E-state index contributed by atoms with van der Waals surface area (Å²) in [5.41, 5.74) is 2.60. The molecule has 3 aromatic carbocycles. The Morgan fingerprint density at radius 1 is 1.00 bits per heavy atom. The SMILES string of the molecule is O=C(OCC(=O)N1N=C(c2ccc3ccccc3c2)C[C@@H]1c1ccccc1)c1ccc([N+](=O)[O-])s1. The molecule has 174 valence electrons. The first kappa shape index (κ1) is 22.4. The number of hydrazone groups is 1. The molecule has 0 unspecified atom stereocenters. The molecule has 0 aliphatic carbocycles. The van der Waals surface area contributed by atoms with Crippen molar-refractivity contribution in [2.24, 2.45) is 5.10 Å². The Hall–Kier alpha value is -4.37. The molecule has 8 nitrogen and oxygen atoms in total. The highest BCUT2D eigenvalue weighted by atomic mass is 32.1. The van der Waals surface area contributed by atoms with Crippen molar-refractivity contribution in [1.29, 1.82) is 0 Å². The van der Waals surface area contributed by atoms with Gasteiger partial charge in [0.1, 0.15) is 4.88 Å². The first-order valence-electron chi connectivity index (χ1n) is 10.8. The number of thiophene rings is 1. The van der Waals surface area contributed by atoms with E-state index in [0.717, 1.165) is 27.6 Å². The molecule has 1 amide bonds. The Bertz CT molecular complexity index is 1460. The minimum Gasteiger partial charge on any atom is -0.451 e. The third-order valence-corrected chi connectivity index (χ3v) is 6.75. The largest absolute Gasteiger partial charge is 0.451 e. The van der Waals surface area contributed by atoms with Crippen molar-refractivity contribution < 1.29 is 19.2 Å². The maximum absolute atomic E-state index is 13.1. The summed E-state index contributed by atoms with van der Waals surface area (Å²) < 4.78 is 5.17. The van der Waals surface area contributed by atoms with E-state index in [1.54, 1.807) is 0 Å². The summed E-state index contributed by atoms with van der Waals surface area (Å²) in [6.07, 6.45) is 0.513. The van der Waals surface area contributed by atoms with Gasteiger partial charge in [-0.3, -0.25) is 14.9 Å². The predicted molar refractivity (Wildman–Crippen MR) is 132 cm³/mol. The van der Waals surface area contributed by atoms with Crippen LogP contribution in [0.3, 0.4) is 0 Å². The quantitative estimate of drug-likeness (QED) is 0.208. The molecular weight excluding hydrogens is 466 g/mol. The summed E-state index contributed by atoms with van der Waals surface area (Å²) in [6.45, 7) is -0.525. The standard InChI is InChI=1S/C26H19N3O5S/c30-24(16-34-26(31)23-12-13-25(35-23)29(32)33)28-22(18-7-2-1-3-8-18)15-21(27-28)20-11-10-17-6-4-5-9-19(17)14-20/h1-14,22H,15-16H2/t22-/m1/s1. The number of hydrogen-bond acceptors (Lipinski definition) is 7. The minimum atomic E-state index is -0.786. The summed E-state index contributed by atoms with van der Waals surface area (Å²) in [4.78, 5) is 35.8. The van der Waals surface area contributed by atoms with Crippen LogP contribution in [-0.2, 0) is 9.53 Å². The Kier molecular flexibility index (Phi) is 6.07. The first-order chi connectivity index (χ1) is 17.0. The molecule has 0 fully saturated rings. The molecule has 1 aromatic heterocycles. The van der Waals surface area contributed by atoms with E-state index in [4.69, 9.17) is 4.74 Å². The van der Waals surface area contributed by atoms with Gasteiger partial charge >= 0.3 is 11.0 Å². The van der Waals surface area contributed by atoms with E-state index in [9.17, 15) is 19.7 Å². The second-order valence-electron chi connectivity index (χ2n) is 7.95. The number of hydrogen-bond donors (Lipinski definition) is 0. The Labute approximate surface area is 204 Å². The molecule has 4 aromatic rings. The summed E-state index contributed by atoms with van der Waals surface area (Å²) >= 11 is 0.703. The molecule has 0 saturated carbocycles. The number of ether oxygens (including phenoxy) is 1. The lowest BCUT2D eigenvalue weighted by Crippen LogP contribution is -2.31. The van der Waals surface area contributed by atoms with E-state index in [1.165, 1.54) is 17.1 Å². The molecule has 5 rings (SSSR count). The van der Waals surface area contributed by atoms with Crippen molar-refractivity contribution in [1.82, 2.24) is 5.01 Å². The van der Waals surface area contributed by atoms with Crippen LogP contribution in [0.25, 0.3) is 10.8 Å². The molecular formula is C26H19N3O5S. The summed E-state index contributed by atoms with van der Waals surface area (Å²) in [7, 11) is 0. The lowest BCUT2D eigenvalue weighted by atomic mass is 9.97. The Morgan fingerprint density at radius 3 is 2.49 bits per heavy atom. The highest BCUT2D eigenvalue weighted by Crippen LogP contribution is 2.33. The number of nitrogens with zero attached hydrogens (tertiary/aromatic N) is 3. The van der Waals surface area contributed by atoms with Crippen LogP contribution in [0.1, 0.15) is 33.3 Å². The highest BCUT2D eigenvalue weighted by molar-refractivity contribution is 7.17. The van der Waals surface area contributed by atoms with Gasteiger partial charge in [-0.05, 0) is 34.0 Å². The van der Waals surface area contributed by atoms with E-state index in [0.29, 0.717) is 17.8 Å². The average molecular weight is 486 g/mol. The molecule has 0 radical (unpaired) electrons. The zero-order valence-corrected chi connectivity index (χ0v) is 19.2. The first-order valence-corrected chi connectivity index (χ1v) is 11.7. The molecule has 0 saturated heterocycles. The van der Waals surface area contributed by atoms with Crippen LogP contribution in [0.2, 0.25) is 0 Å². The number of esters is 1. The Balaban J connectivity index is 1.38. The summed E-state index contributed by atoms with van der Waals surface area (Å²) in [5, 5.41) is 18.9. The van der Waals surface area contributed by atoms with Gasteiger partial charge in [0.15, 0.2) is 6.61 Å². The van der Waals surface area contributed by atoms with Gasteiger partial charge in [-0.25, -0.2) is 9.80 Å². The van der Waals surface area contributed by atoms with Crippen LogP contribution in [0, 0.1) is 10.1 Å². The van der Waals surface area contributed by atoms with Gasteiger partial charge < -0.3 is 4.74 Å². The fourth-order valence-corrected chi connectivity index (χ4v) is 4.73. The van der Waals surface area contributed by atoms with Crippen molar-refractivity contribution in [3.8, 4) is 0 Å². The molecule has 1 aliphatic heterocycles. The van der Waals surface area contributed by atoms with Gasteiger partial charge in [0.05, 0.1) is 16.7 Å². The topological polar surface area (TPSA) is 102 Å². The number of fused-ring (bicyclic) bond motifs is 1. The van der Waals surface area contributed by atoms with Gasteiger partial charge in [-0.2, -0.15) is 5.10 Å². The van der Waals surface area contributed by atoms with E-state index >= 15 is 0 Å². The molecule has 35 heavy (non-hydrogen) atoms. The van der Waals surface area contributed by atoms with E-state index in [-0.39, 0.29) is 15.9 Å². The smallest absolute Gasteiger partial charge is 0.349 e. The summed E-state index contributed by atoms with van der Waals surface area (Å²) in [5.74, 6) is -1.26. The molecule has 0 bridgehead atoms. The number of carbonyl (C=O) groups excluding carboxylic acids is 2. The average Bonchev–Trinajstić information content (AvgIpc) is 3.56. The van der Waals surface area contributed by atoms with Crippen LogP contribution in [0.15, 0.2) is 90.0 Å². The summed E-state index contributed by atoms with van der Waals surface area (Å²) in [6, 6.07) is 25.8. The van der Waals surface area contributed by atoms with Crippen molar-refractivity contribution >= 4 is 44.7 Å². The second-order valence-corrected chi connectivity index (χ2v) is 9.01. The number of benzene rings is 3. The third-order valence-electron chi connectivity index (χ3n) is 5.73. The monoisotopic (exact) mass is 485 g/mol. The van der Waals surface area contributed by atoms with Crippen molar-refractivity contribution in [3.05, 3.63) is 111 Å². The maximum Gasteiger partial charge on any atom is 0.349 e. The molecule has 1 aliphatic rings. The van der Waals surface area contributed by atoms with Gasteiger partial charge in [0.2, 0.25) is 0 Å². The van der Waals surface area contributed by atoms with Crippen molar-refractivity contribution in [2.75, 3.05) is 6.61 Å². The fraction of sp³-hybridized carbons (Fsp3) is 0.115. The van der Waals surface area contributed by atoms with E-state index in [1.807, 2.05) is 72.8 Å². The van der Waals surface area contributed by atoms with Crippen LogP contribution in [0.5, 0.6) is 0 Å². The van der Waals surface area contributed by atoms with Gasteiger partial charge in [0, 0.05) is 12.5 Å². The Morgan fingerprint density at radius 2 is 1.74 bits per heavy atom. The van der Waals surface area contributed by atoms with Crippen molar-refractivity contribution in [3.63, 3.8) is 0 Å². The van der Waals surface area contributed by atoms with Gasteiger partial charge in [-0.15, -0.1) is 0 Å². The lowest BCUT2D eigenvalue weighted by Gasteiger charge is -2.21. The number of carbonyl (C=O) groups is 2. The normalized spacial score (nSPS) is 15.1. The molecule has 0 spiro atoms. The molecule has 0 N–H and O–H groups in total. The zero-order valence-electron chi connectivity index (χ0n) is 18.4. The minimum absolute atomic E-state index is 0.0610. The molecule has 1 atom stereocenters. The zero-order chi connectivity index (χ0) is 24.4. The number of rotatable bonds is 6. The van der Waals surface area contributed by atoms with Crippen LogP contribution < -0.4 is 0 Å². The number of amides is 1. The van der Waals surface area contributed by atoms with Crippen LogP contribution >= 0.6 is 11.3 Å². The fourth-order valence-electron chi connectivity index (χ4n) is 4.02. The predicted octanol–water partition coefficient (Wildman–Crippen LogP) is 5.34. The van der Waals surface area contributed by atoms with Crippen molar-refractivity contribution in [2.45, 2.75) is 12.5 Å². The van der Waals surface area contributed by atoms with E-state index < -0.39 is 23.4 Å².